The van der Waals surface area contributed by atoms with Gasteiger partial charge in [0, 0.05) is 0 Å². The molecule has 0 aromatic heterocycles. The molecular formula is H4AlLiOSi. The number of rotatable bonds is 0. The van der Waals surface area contributed by atoms with Crippen LogP contribution in [-0.4, -0.2) is 42.2 Å². The van der Waals surface area contributed by atoms with Crippen molar-refractivity contribution in [3.8, 4) is 0 Å². The molecule has 4 heavy (non-hydrogen) atoms. The van der Waals surface area contributed by atoms with Gasteiger partial charge in [0.1, 0.15) is 0 Å². The van der Waals surface area contributed by atoms with Gasteiger partial charge in [-0.3, -0.25) is 0 Å². The summed E-state index contributed by atoms with van der Waals surface area (Å²) in [6, 6.07) is 0. The van der Waals surface area contributed by atoms with E-state index in [2.05, 4.69) is 0 Å². The Bertz CT molecular complexity index is 15.5. The molecule has 0 aliphatic heterocycles. The summed E-state index contributed by atoms with van der Waals surface area (Å²) in [5.74, 6) is 0. The fraction of sp³-hybridized carbons (Fsp3) is 0. The molecule has 0 radical (unpaired) electrons. The summed E-state index contributed by atoms with van der Waals surface area (Å²) in [4.78, 5) is 0. The van der Waals surface area contributed by atoms with Gasteiger partial charge < -0.3 is 0 Å². The molecule has 0 saturated heterocycles. The topological polar surface area (TPSA) is 17.1 Å². The summed E-state index contributed by atoms with van der Waals surface area (Å²) in [5.41, 5.74) is 0. The summed E-state index contributed by atoms with van der Waals surface area (Å²) in [5, 5.41) is 0. The Kier molecular flexibility index (Phi) is 19.9. The van der Waals surface area contributed by atoms with E-state index in [0.29, 0.717) is 0 Å². The first-order valence-electron chi connectivity index (χ1n) is 0.813. The van der Waals surface area contributed by atoms with E-state index in [-0.39, 0.29) is 33.4 Å². The molecule has 18 valence electrons. The Labute approximate surface area is 46.1 Å². The molecule has 0 amide bonds. The second kappa shape index (κ2) is 8.91. The molecule has 0 bridgehead atoms. The van der Waals surface area contributed by atoms with Gasteiger partial charge in [0.15, 0.2) is 0 Å². The van der Waals surface area contributed by atoms with E-state index in [1.807, 2.05) is 0 Å². The van der Waals surface area contributed by atoms with Gasteiger partial charge in [0.2, 0.25) is 0 Å². The van der Waals surface area contributed by atoms with E-state index in [4.69, 9.17) is 3.80 Å². The molecule has 0 aromatic carbocycles. The molecule has 0 aliphatic rings. The van der Waals surface area contributed by atoms with Crippen molar-refractivity contribution in [1.29, 1.82) is 0 Å². The summed E-state index contributed by atoms with van der Waals surface area (Å²) in [6.07, 6.45) is 0. The first-order chi connectivity index (χ1) is 1.41. The average Bonchev–Trinajstić information content (AvgIpc) is 0.918. The number of hydrogen-bond acceptors (Lipinski definition) is 1. The summed E-state index contributed by atoms with van der Waals surface area (Å²) in [7, 11) is 0.897. The van der Waals surface area contributed by atoms with Crippen LogP contribution in [0.1, 0.15) is 0 Å². The van der Waals surface area contributed by atoms with Crippen molar-refractivity contribution in [2.75, 3.05) is 0 Å². The van der Waals surface area contributed by atoms with E-state index in [1.165, 1.54) is 0 Å². The van der Waals surface area contributed by atoms with Gasteiger partial charge in [-0.2, -0.15) is 0 Å². The van der Waals surface area contributed by atoms with Gasteiger partial charge in [-0.1, -0.05) is 0 Å². The predicted octanol–water partition coefficient (Wildman–Crippen LogP) is -2.33. The fourth-order valence-corrected chi connectivity index (χ4v) is 0. The van der Waals surface area contributed by atoms with Crippen LogP contribution in [0, 0.1) is 0 Å². The summed E-state index contributed by atoms with van der Waals surface area (Å²) >= 11 is -0.361. The monoisotopic (exact) mass is 82.0 g/mol. The average molecular weight is 82.0 g/mol. The predicted molar refractivity (Wildman–Crippen MR) is 23.5 cm³/mol. The van der Waals surface area contributed by atoms with Gasteiger partial charge in [0.25, 0.3) is 0 Å². The minimum atomic E-state index is -0.361. The molecule has 4 heteroatoms. The van der Waals surface area contributed by atoms with Gasteiger partial charge in [-0.25, -0.2) is 0 Å². The molecule has 0 aliphatic carbocycles. The quantitative estimate of drug-likeness (QED) is 0.299. The normalized spacial score (nSPS) is 3.00. The summed E-state index contributed by atoms with van der Waals surface area (Å²) < 4.78 is 9.08. The van der Waals surface area contributed by atoms with Crippen molar-refractivity contribution in [2.45, 2.75) is 0 Å². The van der Waals surface area contributed by atoms with Crippen molar-refractivity contribution in [2.24, 2.45) is 0 Å². The minimum absolute atomic E-state index is 0. The first kappa shape index (κ1) is 8.94. The molecule has 0 fully saturated rings. The number of hydrogen-bond donors (Lipinski definition) is 0. The zero-order valence-electron chi connectivity index (χ0n) is 1.99. The van der Waals surface area contributed by atoms with Crippen LogP contribution in [0.4, 0.5) is 0 Å². The van der Waals surface area contributed by atoms with E-state index in [1.54, 1.807) is 0 Å². The molecule has 0 aromatic rings. The molecule has 0 saturated carbocycles. The van der Waals surface area contributed by atoms with Crippen LogP contribution >= 0.6 is 0 Å². The zero-order chi connectivity index (χ0) is 2.71. The Morgan fingerprint density at radius 3 is 1.75 bits per heavy atom. The van der Waals surface area contributed by atoms with Crippen molar-refractivity contribution in [1.82, 2.24) is 0 Å². The third-order valence-electron chi connectivity index (χ3n) is 0. The van der Waals surface area contributed by atoms with Crippen molar-refractivity contribution in [3.05, 3.63) is 0 Å². The van der Waals surface area contributed by atoms with Gasteiger partial charge >= 0.3 is 46.0 Å². The molecule has 0 unspecified atom stereocenters. The Morgan fingerprint density at radius 1 is 1.75 bits per heavy atom. The van der Waals surface area contributed by atoms with Crippen LogP contribution in [0.25, 0.3) is 0 Å². The van der Waals surface area contributed by atoms with Crippen LogP contribution in [-0.2, 0) is 3.80 Å². The third-order valence-corrected chi connectivity index (χ3v) is 0. The van der Waals surface area contributed by atoms with Crippen LogP contribution in [0.5, 0.6) is 0 Å². The van der Waals surface area contributed by atoms with Crippen molar-refractivity contribution < 1.29 is 3.80 Å². The van der Waals surface area contributed by atoms with E-state index in [0.717, 1.165) is 8.80 Å². The molecule has 0 atom stereocenters. The van der Waals surface area contributed by atoms with Gasteiger partial charge in [-0.15, -0.1) is 0 Å². The Morgan fingerprint density at radius 2 is 1.75 bits per heavy atom. The van der Waals surface area contributed by atoms with Crippen LogP contribution in [0.3, 0.4) is 0 Å². The molecule has 0 N–H and O–H groups in total. The van der Waals surface area contributed by atoms with E-state index >= 15 is 0 Å². The second-order valence-electron chi connectivity index (χ2n) is 0.236. The summed E-state index contributed by atoms with van der Waals surface area (Å²) in [6.45, 7) is 0. The SMILES string of the molecule is [LiH].[O]=[Al][SiH3]. The zero-order valence-corrected chi connectivity index (χ0v) is 5.14. The fourth-order valence-electron chi connectivity index (χ4n) is 0. The second-order valence-corrected chi connectivity index (χ2v) is 2.12. The molecule has 1 nitrogen and oxygen atoms in total. The molecule has 0 spiro atoms. The molecule has 0 heterocycles. The van der Waals surface area contributed by atoms with Gasteiger partial charge in [0.05, 0.1) is 0 Å². The maximum atomic E-state index is 9.08. The molecule has 0 rings (SSSR count). The van der Waals surface area contributed by atoms with Gasteiger partial charge in [-0.05, 0) is 0 Å². The standard InChI is InChI=1S/Al.Li.O.H3Si.H/h;;;1H3;. The van der Waals surface area contributed by atoms with E-state index < -0.39 is 0 Å². The maximum absolute atomic E-state index is 9.08. The first-order valence-corrected chi connectivity index (χ1v) is 5.90. The van der Waals surface area contributed by atoms with Crippen LogP contribution in [0.15, 0.2) is 0 Å². The Hall–Kier alpha value is 1.15. The van der Waals surface area contributed by atoms with Crippen molar-refractivity contribution >= 4 is 42.2 Å². The van der Waals surface area contributed by atoms with E-state index in [9.17, 15) is 0 Å². The third kappa shape index (κ3) is 11.0. The van der Waals surface area contributed by atoms with Crippen molar-refractivity contribution in [3.63, 3.8) is 0 Å². The van der Waals surface area contributed by atoms with Crippen LogP contribution in [0.2, 0.25) is 0 Å². The van der Waals surface area contributed by atoms with Crippen LogP contribution < -0.4 is 0 Å². The molecular weight excluding hydrogens is 78.0 g/mol. The Balaban J connectivity index is 0.